The highest BCUT2D eigenvalue weighted by molar-refractivity contribution is 7.21. The van der Waals surface area contributed by atoms with E-state index in [0.29, 0.717) is 16.5 Å². The molecule has 0 radical (unpaired) electrons. The third-order valence-corrected chi connectivity index (χ3v) is 6.14. The number of amides is 1. The van der Waals surface area contributed by atoms with Gasteiger partial charge in [-0.1, -0.05) is 36.3 Å². The number of benzene rings is 1. The zero-order valence-corrected chi connectivity index (χ0v) is 15.9. The Morgan fingerprint density at radius 3 is 2.93 bits per heavy atom. The number of aromatic nitrogens is 3. The maximum Gasteiger partial charge on any atom is 0.268 e. The standard InChI is InChI=1S/C19H14N4O2S2/c1-2-11-3-5-12(6-4-11)13-9-16(25-22-13)20-17(24)15-10-14-18(27-15)21-19-23(14)7-8-26-19/h3-10H,2H2,1H3,(H,20,24). The van der Waals surface area contributed by atoms with E-state index in [0.717, 1.165) is 27.3 Å². The van der Waals surface area contributed by atoms with Crippen molar-refractivity contribution < 1.29 is 9.32 Å². The Morgan fingerprint density at radius 2 is 2.11 bits per heavy atom. The number of carbonyl (C=O) groups excluding carboxylic acids is 1. The van der Waals surface area contributed by atoms with Gasteiger partial charge in [-0.05, 0) is 18.1 Å². The van der Waals surface area contributed by atoms with Crippen LogP contribution in [0.4, 0.5) is 5.88 Å². The van der Waals surface area contributed by atoms with Gasteiger partial charge in [-0.3, -0.25) is 14.5 Å². The zero-order valence-electron chi connectivity index (χ0n) is 14.3. The van der Waals surface area contributed by atoms with Crippen LogP contribution in [0.2, 0.25) is 0 Å². The van der Waals surface area contributed by atoms with Gasteiger partial charge >= 0.3 is 0 Å². The number of thiophene rings is 1. The van der Waals surface area contributed by atoms with Crippen LogP contribution in [0.3, 0.4) is 0 Å². The summed E-state index contributed by atoms with van der Waals surface area (Å²) in [6.45, 7) is 2.12. The molecule has 0 atom stereocenters. The van der Waals surface area contributed by atoms with Crippen LogP contribution in [0.25, 0.3) is 26.6 Å². The molecule has 4 heterocycles. The molecule has 5 aromatic rings. The van der Waals surface area contributed by atoms with Crippen molar-refractivity contribution in [1.29, 1.82) is 0 Å². The molecule has 8 heteroatoms. The molecule has 0 aliphatic rings. The molecule has 0 bridgehead atoms. The first-order valence-corrected chi connectivity index (χ1v) is 10.1. The van der Waals surface area contributed by atoms with Gasteiger partial charge in [0.05, 0.1) is 10.4 Å². The van der Waals surface area contributed by atoms with E-state index in [4.69, 9.17) is 4.52 Å². The van der Waals surface area contributed by atoms with Crippen LogP contribution in [0.1, 0.15) is 22.2 Å². The van der Waals surface area contributed by atoms with Crippen molar-refractivity contribution >= 4 is 49.8 Å². The van der Waals surface area contributed by atoms with Gasteiger partial charge in [0.15, 0.2) is 4.96 Å². The molecule has 4 aromatic heterocycles. The average molecular weight is 394 g/mol. The molecule has 0 aliphatic carbocycles. The summed E-state index contributed by atoms with van der Waals surface area (Å²) in [5.41, 5.74) is 3.84. The highest BCUT2D eigenvalue weighted by atomic mass is 32.1. The summed E-state index contributed by atoms with van der Waals surface area (Å²) in [6, 6.07) is 11.7. The largest absolute Gasteiger partial charge is 0.338 e. The molecule has 6 nitrogen and oxygen atoms in total. The number of carbonyl (C=O) groups is 1. The highest BCUT2D eigenvalue weighted by Crippen LogP contribution is 2.29. The van der Waals surface area contributed by atoms with Gasteiger partial charge in [-0.25, -0.2) is 4.98 Å². The summed E-state index contributed by atoms with van der Waals surface area (Å²) in [6.07, 6.45) is 2.94. The average Bonchev–Trinajstić information content (AvgIpc) is 3.43. The van der Waals surface area contributed by atoms with Crippen molar-refractivity contribution in [3.05, 3.63) is 58.4 Å². The van der Waals surface area contributed by atoms with E-state index in [9.17, 15) is 4.79 Å². The number of thiazole rings is 1. The fourth-order valence-corrected chi connectivity index (χ4v) is 4.61. The fraction of sp³-hybridized carbons (Fsp3) is 0.105. The SMILES string of the molecule is CCc1ccc(-c2cc(NC(=O)c3cc4c(nc5sccn54)s3)on2)cc1. The minimum Gasteiger partial charge on any atom is -0.338 e. The first kappa shape index (κ1) is 16.2. The molecule has 0 fully saturated rings. The Hall–Kier alpha value is -2.97. The minimum absolute atomic E-state index is 0.231. The number of rotatable bonds is 4. The van der Waals surface area contributed by atoms with Crippen molar-refractivity contribution in [3.63, 3.8) is 0 Å². The Kier molecular flexibility index (Phi) is 3.80. The fourth-order valence-electron chi connectivity index (χ4n) is 2.91. The molecule has 0 unspecified atom stereocenters. The maximum absolute atomic E-state index is 12.6. The number of anilines is 1. The Morgan fingerprint density at radius 1 is 1.26 bits per heavy atom. The second kappa shape index (κ2) is 6.33. The van der Waals surface area contributed by atoms with Gasteiger partial charge in [-0.2, -0.15) is 0 Å². The monoisotopic (exact) mass is 394 g/mol. The van der Waals surface area contributed by atoms with Crippen molar-refractivity contribution in [2.45, 2.75) is 13.3 Å². The zero-order chi connectivity index (χ0) is 18.4. The van der Waals surface area contributed by atoms with Crippen LogP contribution in [0.5, 0.6) is 0 Å². The van der Waals surface area contributed by atoms with Gasteiger partial charge < -0.3 is 4.52 Å². The van der Waals surface area contributed by atoms with E-state index >= 15 is 0 Å². The van der Waals surface area contributed by atoms with Gasteiger partial charge in [0, 0.05) is 23.2 Å². The molecule has 5 rings (SSSR count). The van der Waals surface area contributed by atoms with E-state index in [2.05, 4.69) is 34.5 Å². The summed E-state index contributed by atoms with van der Waals surface area (Å²) in [5.74, 6) is 0.0925. The minimum atomic E-state index is -0.231. The van der Waals surface area contributed by atoms with Gasteiger partial charge in [0.1, 0.15) is 10.5 Å². The van der Waals surface area contributed by atoms with E-state index in [1.54, 1.807) is 17.4 Å². The van der Waals surface area contributed by atoms with Gasteiger partial charge in [0.2, 0.25) is 5.88 Å². The van der Waals surface area contributed by atoms with Crippen LogP contribution in [0, 0.1) is 0 Å². The lowest BCUT2D eigenvalue weighted by molar-refractivity contribution is 0.102. The number of nitrogens with one attached hydrogen (secondary N) is 1. The van der Waals surface area contributed by atoms with Crippen LogP contribution in [-0.4, -0.2) is 20.4 Å². The third-order valence-electron chi connectivity index (χ3n) is 4.37. The molecule has 0 saturated carbocycles. The predicted molar refractivity (Wildman–Crippen MR) is 108 cm³/mol. The number of fused-ring (bicyclic) bond motifs is 3. The molecule has 1 aromatic carbocycles. The van der Waals surface area contributed by atoms with Crippen molar-refractivity contribution in [2.75, 3.05) is 5.32 Å². The van der Waals surface area contributed by atoms with E-state index in [1.807, 2.05) is 34.2 Å². The Labute approximate surface area is 162 Å². The predicted octanol–water partition coefficient (Wildman–Crippen LogP) is 5.08. The van der Waals surface area contributed by atoms with Gasteiger partial charge in [0.25, 0.3) is 5.91 Å². The molecule has 1 amide bonds. The van der Waals surface area contributed by atoms with Crippen LogP contribution >= 0.6 is 22.7 Å². The van der Waals surface area contributed by atoms with E-state index in [-0.39, 0.29) is 5.91 Å². The van der Waals surface area contributed by atoms with E-state index in [1.165, 1.54) is 16.9 Å². The number of hydrogen-bond donors (Lipinski definition) is 1. The second-order valence-electron chi connectivity index (χ2n) is 6.05. The molecular weight excluding hydrogens is 380 g/mol. The second-order valence-corrected chi connectivity index (χ2v) is 7.95. The lowest BCUT2D eigenvalue weighted by atomic mass is 10.1. The Bertz CT molecular complexity index is 1260. The lowest BCUT2D eigenvalue weighted by Crippen LogP contribution is -2.09. The quantitative estimate of drug-likeness (QED) is 0.461. The van der Waals surface area contributed by atoms with Crippen LogP contribution in [-0.2, 0) is 6.42 Å². The number of hydrogen-bond acceptors (Lipinski definition) is 6. The summed E-state index contributed by atoms with van der Waals surface area (Å²) in [4.78, 5) is 19.4. The molecule has 1 N–H and O–H groups in total. The van der Waals surface area contributed by atoms with E-state index < -0.39 is 0 Å². The topological polar surface area (TPSA) is 72.4 Å². The summed E-state index contributed by atoms with van der Waals surface area (Å²) < 4.78 is 7.27. The Balaban J connectivity index is 1.37. The van der Waals surface area contributed by atoms with Crippen molar-refractivity contribution in [1.82, 2.24) is 14.5 Å². The molecule has 134 valence electrons. The molecule has 0 aliphatic heterocycles. The van der Waals surface area contributed by atoms with Gasteiger partial charge in [-0.15, -0.1) is 22.7 Å². The van der Waals surface area contributed by atoms with Crippen LogP contribution < -0.4 is 5.32 Å². The highest BCUT2D eigenvalue weighted by Gasteiger charge is 2.17. The smallest absolute Gasteiger partial charge is 0.268 e. The molecule has 27 heavy (non-hydrogen) atoms. The number of imidazole rings is 1. The maximum atomic E-state index is 12.6. The molecule has 0 saturated heterocycles. The summed E-state index contributed by atoms with van der Waals surface area (Å²) in [7, 11) is 0. The first-order valence-electron chi connectivity index (χ1n) is 8.44. The lowest BCUT2D eigenvalue weighted by Gasteiger charge is -1.98. The number of aryl methyl sites for hydroxylation is 1. The normalized spacial score (nSPS) is 11.4. The van der Waals surface area contributed by atoms with Crippen molar-refractivity contribution in [2.24, 2.45) is 0 Å². The summed E-state index contributed by atoms with van der Waals surface area (Å²) in [5, 5.41) is 8.80. The first-order chi connectivity index (χ1) is 13.2. The molecule has 0 spiro atoms. The number of nitrogens with zero attached hydrogens (tertiary/aromatic N) is 3. The molecular formula is C19H14N4O2S2. The van der Waals surface area contributed by atoms with Crippen molar-refractivity contribution in [3.8, 4) is 11.3 Å². The van der Waals surface area contributed by atoms with Crippen LogP contribution in [0.15, 0.2) is 52.5 Å². The summed E-state index contributed by atoms with van der Waals surface area (Å²) >= 11 is 2.93. The third kappa shape index (κ3) is 2.83.